The second-order valence-electron chi connectivity index (χ2n) is 12.4. The molecule has 10 rings (SSSR count). The molecule has 4 aromatic heterocycles. The summed E-state index contributed by atoms with van der Waals surface area (Å²) in [5.74, 6) is 0.649. The van der Waals surface area contributed by atoms with Gasteiger partial charge in [-0.1, -0.05) is 97.1 Å². The van der Waals surface area contributed by atoms with Crippen LogP contribution in [0.15, 0.2) is 168 Å². The van der Waals surface area contributed by atoms with E-state index in [1.165, 1.54) is 20.2 Å². The Bertz CT molecular complexity index is 2870. The van der Waals surface area contributed by atoms with Gasteiger partial charge in [-0.2, -0.15) is 0 Å². The van der Waals surface area contributed by atoms with Gasteiger partial charge in [0.05, 0.1) is 11.4 Å². The van der Waals surface area contributed by atoms with Crippen LogP contribution in [-0.2, 0) is 0 Å². The highest BCUT2D eigenvalue weighted by molar-refractivity contribution is 7.25. The lowest BCUT2D eigenvalue weighted by Gasteiger charge is -2.12. The Morgan fingerprint density at radius 3 is 2.06 bits per heavy atom. The van der Waals surface area contributed by atoms with Gasteiger partial charge in [-0.3, -0.25) is 4.98 Å². The van der Waals surface area contributed by atoms with Crippen molar-refractivity contribution in [1.82, 2.24) is 15.0 Å². The fourth-order valence-electron chi connectivity index (χ4n) is 7.00. The highest BCUT2D eigenvalue weighted by Crippen LogP contribution is 2.43. The average Bonchev–Trinajstić information content (AvgIpc) is 3.77. The monoisotopic (exact) mass is 657 g/mol. The van der Waals surface area contributed by atoms with Crippen LogP contribution in [-0.4, -0.2) is 15.0 Å². The van der Waals surface area contributed by atoms with Crippen molar-refractivity contribution >= 4 is 53.4 Å². The molecule has 0 bridgehead atoms. The van der Waals surface area contributed by atoms with Crippen LogP contribution in [0.25, 0.3) is 98.3 Å². The third-order valence-electron chi connectivity index (χ3n) is 9.40. The van der Waals surface area contributed by atoms with Crippen molar-refractivity contribution in [3.05, 3.63) is 164 Å². The molecule has 0 atom stereocenters. The summed E-state index contributed by atoms with van der Waals surface area (Å²) in [6.45, 7) is 0. The highest BCUT2D eigenvalue weighted by Gasteiger charge is 2.21. The number of nitrogens with zero attached hydrogens (tertiary/aromatic N) is 3. The molecule has 4 nitrogen and oxygen atoms in total. The van der Waals surface area contributed by atoms with Crippen LogP contribution in [0.1, 0.15) is 0 Å². The van der Waals surface area contributed by atoms with Crippen LogP contribution in [0.3, 0.4) is 0 Å². The Morgan fingerprint density at radius 1 is 0.460 bits per heavy atom. The zero-order valence-corrected chi connectivity index (χ0v) is 27.6. The summed E-state index contributed by atoms with van der Waals surface area (Å²) in [6.07, 6.45) is 3.69. The maximum absolute atomic E-state index is 6.72. The molecule has 0 saturated carbocycles. The molecule has 0 fully saturated rings. The van der Waals surface area contributed by atoms with Crippen LogP contribution in [0.5, 0.6) is 0 Å². The minimum Gasteiger partial charge on any atom is -0.455 e. The van der Waals surface area contributed by atoms with Crippen molar-refractivity contribution in [2.45, 2.75) is 0 Å². The lowest BCUT2D eigenvalue weighted by Crippen LogP contribution is -1.97. The number of rotatable bonds is 5. The Morgan fingerprint density at radius 2 is 1.18 bits per heavy atom. The number of furan rings is 1. The fraction of sp³-hybridized carbons (Fsp3) is 0. The van der Waals surface area contributed by atoms with Crippen LogP contribution >= 0.6 is 11.3 Å². The van der Waals surface area contributed by atoms with Crippen molar-refractivity contribution < 1.29 is 4.42 Å². The molecule has 50 heavy (non-hydrogen) atoms. The normalized spacial score (nSPS) is 11.6. The molecule has 6 aromatic carbocycles. The van der Waals surface area contributed by atoms with E-state index in [1.54, 1.807) is 6.20 Å². The summed E-state index contributed by atoms with van der Waals surface area (Å²) >= 11 is 1.83. The van der Waals surface area contributed by atoms with E-state index in [0.717, 1.165) is 72.3 Å². The van der Waals surface area contributed by atoms with Gasteiger partial charge in [-0.15, -0.1) is 11.3 Å². The Labute approximate surface area is 292 Å². The fourth-order valence-corrected chi connectivity index (χ4v) is 8.09. The SMILES string of the molecule is c1ccc(-c2cc(-c3cccc(-c4cccnc4)c3)nc(-c3ccc(-c4ccc5sc6ccccc6c5c4)c4oc5ccccc5c34)n2)cc1. The summed E-state index contributed by atoms with van der Waals surface area (Å²) in [4.78, 5) is 14.8. The molecule has 0 aliphatic carbocycles. The topological polar surface area (TPSA) is 51.8 Å². The number of aromatic nitrogens is 3. The van der Waals surface area contributed by atoms with Gasteiger partial charge in [-0.05, 0) is 65.7 Å². The molecular weight excluding hydrogens is 631 g/mol. The van der Waals surface area contributed by atoms with E-state index in [9.17, 15) is 0 Å². The molecular formula is C45H27N3OS. The first-order chi connectivity index (χ1) is 24.8. The Balaban J connectivity index is 1.20. The van der Waals surface area contributed by atoms with Gasteiger partial charge in [0.25, 0.3) is 0 Å². The third kappa shape index (κ3) is 4.79. The lowest BCUT2D eigenvalue weighted by atomic mass is 9.96. The van der Waals surface area contributed by atoms with E-state index in [0.29, 0.717) is 5.82 Å². The van der Waals surface area contributed by atoms with Crippen molar-refractivity contribution in [2.75, 3.05) is 0 Å². The summed E-state index contributed by atoms with van der Waals surface area (Å²) in [5, 5.41) is 4.58. The lowest BCUT2D eigenvalue weighted by molar-refractivity contribution is 0.670. The highest BCUT2D eigenvalue weighted by atomic mass is 32.1. The molecule has 0 N–H and O–H groups in total. The molecule has 0 saturated heterocycles. The zero-order valence-electron chi connectivity index (χ0n) is 26.7. The Hall–Kier alpha value is -6.43. The van der Waals surface area contributed by atoms with E-state index in [1.807, 2.05) is 53.9 Å². The number of para-hydroxylation sites is 1. The van der Waals surface area contributed by atoms with Crippen molar-refractivity contribution in [1.29, 1.82) is 0 Å². The first-order valence-electron chi connectivity index (χ1n) is 16.6. The van der Waals surface area contributed by atoms with Crippen LogP contribution in [0.2, 0.25) is 0 Å². The van der Waals surface area contributed by atoms with Gasteiger partial charge < -0.3 is 4.42 Å². The number of hydrogen-bond acceptors (Lipinski definition) is 5. The summed E-state index contributed by atoms with van der Waals surface area (Å²) in [5.41, 5.74) is 10.6. The summed E-state index contributed by atoms with van der Waals surface area (Å²) in [6, 6.07) is 52.8. The van der Waals surface area contributed by atoms with Gasteiger partial charge in [0.1, 0.15) is 11.2 Å². The van der Waals surface area contributed by atoms with Crippen LogP contribution < -0.4 is 0 Å². The van der Waals surface area contributed by atoms with E-state index in [-0.39, 0.29) is 0 Å². The van der Waals surface area contributed by atoms with Crippen molar-refractivity contribution in [2.24, 2.45) is 0 Å². The predicted octanol–water partition coefficient (Wildman–Crippen LogP) is 12.5. The van der Waals surface area contributed by atoms with Crippen molar-refractivity contribution in [3.8, 4) is 56.2 Å². The number of hydrogen-bond donors (Lipinski definition) is 0. The second-order valence-corrected chi connectivity index (χ2v) is 13.5. The number of benzene rings is 6. The Kier molecular flexibility index (Phi) is 6.64. The molecule has 0 radical (unpaired) electrons. The number of thiophene rings is 1. The molecule has 0 spiro atoms. The van der Waals surface area contributed by atoms with Gasteiger partial charge in [0.15, 0.2) is 5.82 Å². The number of fused-ring (bicyclic) bond motifs is 6. The quantitative estimate of drug-likeness (QED) is 0.185. The minimum atomic E-state index is 0.649. The summed E-state index contributed by atoms with van der Waals surface area (Å²) in [7, 11) is 0. The molecule has 0 aliphatic heterocycles. The maximum atomic E-state index is 6.72. The van der Waals surface area contributed by atoms with Crippen molar-refractivity contribution in [3.63, 3.8) is 0 Å². The first-order valence-corrected chi connectivity index (χ1v) is 17.4. The van der Waals surface area contributed by atoms with E-state index >= 15 is 0 Å². The molecule has 0 aliphatic rings. The van der Waals surface area contributed by atoms with E-state index < -0.39 is 0 Å². The molecule has 4 heterocycles. The molecule has 10 aromatic rings. The predicted molar refractivity (Wildman–Crippen MR) is 207 cm³/mol. The standard InChI is InChI=1S/C45H27N3OS/c1-2-10-28(11-3-1)38-26-39(31-13-8-12-29(24-31)32-14-9-23-46-27-32)48-45(47-38)36-21-20-33(44-43(36)35-16-4-6-17-40(35)49-44)30-19-22-42-37(25-30)34-15-5-7-18-41(34)50-42/h1-27H. The second kappa shape index (κ2) is 11.6. The van der Waals surface area contributed by atoms with Gasteiger partial charge in [-0.25, -0.2) is 9.97 Å². The maximum Gasteiger partial charge on any atom is 0.161 e. The molecule has 0 amide bonds. The first kappa shape index (κ1) is 28.6. The van der Waals surface area contributed by atoms with E-state index in [2.05, 4.69) is 120 Å². The van der Waals surface area contributed by atoms with E-state index in [4.69, 9.17) is 14.4 Å². The molecule has 234 valence electrons. The third-order valence-corrected chi connectivity index (χ3v) is 10.6. The largest absolute Gasteiger partial charge is 0.455 e. The molecule has 5 heteroatoms. The van der Waals surface area contributed by atoms with Crippen LogP contribution in [0.4, 0.5) is 0 Å². The minimum absolute atomic E-state index is 0.649. The van der Waals surface area contributed by atoms with Gasteiger partial charge in [0.2, 0.25) is 0 Å². The average molecular weight is 658 g/mol. The van der Waals surface area contributed by atoms with Gasteiger partial charge >= 0.3 is 0 Å². The number of pyridine rings is 1. The zero-order chi connectivity index (χ0) is 33.0. The van der Waals surface area contributed by atoms with Gasteiger partial charge in [0, 0.05) is 71.2 Å². The van der Waals surface area contributed by atoms with Crippen LogP contribution in [0, 0.1) is 0 Å². The smallest absolute Gasteiger partial charge is 0.161 e. The summed E-state index contributed by atoms with van der Waals surface area (Å²) < 4.78 is 9.29. The molecule has 0 unspecified atom stereocenters.